The van der Waals surface area contributed by atoms with Crippen LogP contribution in [0.4, 0.5) is 27.8 Å². The van der Waals surface area contributed by atoms with E-state index in [2.05, 4.69) is 10.3 Å². The first kappa shape index (κ1) is 27.8. The molecule has 2 unspecified atom stereocenters. The van der Waals surface area contributed by atoms with Gasteiger partial charge in [0.25, 0.3) is 0 Å². The minimum atomic E-state index is -4.67. The number of hydrogen-bond donors (Lipinski definition) is 2. The van der Waals surface area contributed by atoms with E-state index in [0.29, 0.717) is 5.56 Å². The van der Waals surface area contributed by atoms with Crippen LogP contribution < -0.4 is 16.0 Å². The predicted octanol–water partition coefficient (Wildman–Crippen LogP) is 3.60. The summed E-state index contributed by atoms with van der Waals surface area (Å²) in [5.74, 6) is -2.26. The zero-order valence-corrected chi connectivity index (χ0v) is 20.5. The summed E-state index contributed by atoms with van der Waals surface area (Å²) in [6.45, 7) is 1.72. The average molecular weight is 535 g/mol. The highest BCUT2D eigenvalue weighted by Crippen LogP contribution is 2.32. The lowest BCUT2D eigenvalue weighted by Crippen LogP contribution is -2.37. The molecule has 1 fully saturated rings. The molecule has 198 valence electrons. The van der Waals surface area contributed by atoms with Gasteiger partial charge in [-0.2, -0.15) is 13.2 Å². The summed E-state index contributed by atoms with van der Waals surface area (Å²) >= 11 is 0. The molecule has 36 heavy (non-hydrogen) atoms. The number of benzene rings is 1. The van der Waals surface area contributed by atoms with E-state index in [9.17, 15) is 35.2 Å². The Hall–Kier alpha value is -2.80. The van der Waals surface area contributed by atoms with Crippen LogP contribution >= 0.6 is 0 Å². The summed E-state index contributed by atoms with van der Waals surface area (Å²) in [6.07, 6.45) is -4.50. The number of alkyl halides is 4. The summed E-state index contributed by atoms with van der Waals surface area (Å²) in [7, 11) is -3.74. The Morgan fingerprint density at radius 1 is 1.22 bits per heavy atom. The summed E-state index contributed by atoms with van der Waals surface area (Å²) in [6, 6.07) is 5.65. The highest BCUT2D eigenvalue weighted by molar-refractivity contribution is 7.90. The van der Waals surface area contributed by atoms with Crippen molar-refractivity contribution in [1.29, 1.82) is 0 Å². The maximum absolute atomic E-state index is 14.5. The van der Waals surface area contributed by atoms with Crippen molar-refractivity contribution in [3.8, 4) is 0 Å². The normalized spacial score (nSPS) is 17.1. The van der Waals surface area contributed by atoms with Gasteiger partial charge in [0.15, 0.2) is 9.84 Å². The molecule has 0 bridgehead atoms. The van der Waals surface area contributed by atoms with Gasteiger partial charge in [-0.15, -0.1) is 0 Å². The number of rotatable bonds is 7. The van der Waals surface area contributed by atoms with Gasteiger partial charge in [-0.25, -0.2) is 22.2 Å². The monoisotopic (exact) mass is 534 g/mol. The van der Waals surface area contributed by atoms with E-state index < -0.39 is 50.9 Å². The predicted molar refractivity (Wildman–Crippen MR) is 124 cm³/mol. The van der Waals surface area contributed by atoms with Crippen LogP contribution in [0, 0.1) is 5.82 Å². The van der Waals surface area contributed by atoms with Crippen molar-refractivity contribution in [3.05, 3.63) is 58.5 Å². The Bertz CT molecular complexity index is 1210. The van der Waals surface area contributed by atoms with Crippen LogP contribution in [0.25, 0.3) is 0 Å². The van der Waals surface area contributed by atoms with Crippen LogP contribution in [0.2, 0.25) is 0 Å². The second-order valence-corrected chi connectivity index (χ2v) is 11.0. The molecule has 3 N–H and O–H groups in total. The molecule has 0 aliphatic carbocycles. The number of amides is 1. The number of piperidine rings is 1. The number of nitrogens with two attached hydrogens (primary N) is 1. The highest BCUT2D eigenvalue weighted by Gasteiger charge is 2.34. The minimum Gasteiger partial charge on any atom is -0.356 e. The zero-order chi connectivity index (χ0) is 26.8. The van der Waals surface area contributed by atoms with E-state index in [1.165, 1.54) is 25.1 Å². The van der Waals surface area contributed by atoms with Gasteiger partial charge in [-0.1, -0.05) is 18.2 Å². The van der Waals surface area contributed by atoms with Crippen molar-refractivity contribution < 1.29 is 35.2 Å². The van der Waals surface area contributed by atoms with Crippen molar-refractivity contribution >= 4 is 21.6 Å². The molecule has 2 aromatic rings. The number of anilines is 1. The molecule has 0 spiro atoms. The van der Waals surface area contributed by atoms with Gasteiger partial charge in [-0.05, 0) is 37.5 Å². The van der Waals surface area contributed by atoms with Crippen molar-refractivity contribution in [1.82, 2.24) is 10.3 Å². The zero-order valence-electron chi connectivity index (χ0n) is 19.6. The van der Waals surface area contributed by atoms with E-state index in [4.69, 9.17) is 5.73 Å². The molecule has 1 aliphatic rings. The molecule has 7 nitrogen and oxygen atoms in total. The molecule has 1 amide bonds. The van der Waals surface area contributed by atoms with Crippen molar-refractivity contribution in [2.75, 3.05) is 24.2 Å². The maximum atomic E-state index is 14.5. The fourth-order valence-electron chi connectivity index (χ4n) is 3.87. The van der Waals surface area contributed by atoms with Crippen LogP contribution in [-0.4, -0.2) is 44.8 Å². The highest BCUT2D eigenvalue weighted by atomic mass is 32.2. The lowest BCUT2D eigenvalue weighted by Gasteiger charge is -2.31. The molecule has 3 rings (SSSR count). The first-order valence-corrected chi connectivity index (χ1v) is 13.1. The molecule has 2 atom stereocenters. The second-order valence-electron chi connectivity index (χ2n) is 8.81. The molecular weight excluding hydrogens is 507 g/mol. The summed E-state index contributed by atoms with van der Waals surface area (Å²) in [5, 5.41) is 1.07. The Labute approximate surface area is 205 Å². The maximum Gasteiger partial charge on any atom is 0.433 e. The number of hydrogen-bond acceptors (Lipinski definition) is 6. The number of halogens is 5. The van der Waals surface area contributed by atoms with Crippen molar-refractivity contribution in [2.24, 2.45) is 5.73 Å². The number of carbonyl (C=O) groups excluding carboxylic acids is 1. The lowest BCUT2D eigenvalue weighted by atomic mass is 9.98. The van der Waals surface area contributed by atoms with Crippen molar-refractivity contribution in [2.45, 2.75) is 49.9 Å². The van der Waals surface area contributed by atoms with Gasteiger partial charge >= 0.3 is 6.18 Å². The van der Waals surface area contributed by atoms with E-state index >= 15 is 0 Å². The van der Waals surface area contributed by atoms with Gasteiger partial charge in [0.1, 0.15) is 28.9 Å². The molecule has 1 saturated heterocycles. The quantitative estimate of drug-likeness (QED) is 0.526. The fraction of sp³-hybridized carbons (Fsp3) is 0.478. The number of aromatic nitrogens is 1. The lowest BCUT2D eigenvalue weighted by molar-refractivity contribution is -0.141. The molecule has 13 heteroatoms. The minimum absolute atomic E-state index is 0.0230. The molecule has 1 aromatic carbocycles. The standard InChI is InChI=1S/C23H27F5N4O3S/c1-13(14-3-5-17(18(25)11-14)20(29)36(2,34)35)22(33)30-12-15-4-6-19(23(26,27)28)31-21(15)32-9-7-16(24)8-10-32/h3-6,11,13,16,20H,7-10,12,29H2,1-2H3,(H,30,33). The first-order chi connectivity index (χ1) is 16.7. The topological polar surface area (TPSA) is 105 Å². The molecule has 0 radical (unpaired) electrons. The molecule has 2 heterocycles. The second kappa shape index (κ2) is 10.7. The Kier molecular flexibility index (Phi) is 8.23. The van der Waals surface area contributed by atoms with E-state index in [-0.39, 0.29) is 49.4 Å². The van der Waals surface area contributed by atoms with Gasteiger partial charge in [-0.3, -0.25) is 4.79 Å². The van der Waals surface area contributed by atoms with Crippen LogP contribution in [0.3, 0.4) is 0 Å². The largest absolute Gasteiger partial charge is 0.433 e. The number of pyridine rings is 1. The Morgan fingerprint density at radius 3 is 2.42 bits per heavy atom. The van der Waals surface area contributed by atoms with Gasteiger partial charge in [0.2, 0.25) is 5.91 Å². The number of nitrogens with zero attached hydrogens (tertiary/aromatic N) is 2. The molecule has 1 aliphatic heterocycles. The SMILES string of the molecule is CC(C(=O)NCc1ccc(C(F)(F)F)nc1N1CCC(F)CC1)c1ccc(C(N)S(C)(=O)=O)c(F)c1. The van der Waals surface area contributed by atoms with Crippen LogP contribution in [0.5, 0.6) is 0 Å². The van der Waals surface area contributed by atoms with Gasteiger partial charge in [0, 0.05) is 37.0 Å². The number of sulfone groups is 1. The summed E-state index contributed by atoms with van der Waals surface area (Å²) < 4.78 is 91.0. The summed E-state index contributed by atoms with van der Waals surface area (Å²) in [4.78, 5) is 18.1. The van der Waals surface area contributed by atoms with E-state index in [1.54, 1.807) is 4.90 Å². The smallest absolute Gasteiger partial charge is 0.356 e. The fourth-order valence-corrected chi connectivity index (χ4v) is 4.52. The Balaban J connectivity index is 1.77. The van der Waals surface area contributed by atoms with Gasteiger partial charge < -0.3 is 16.0 Å². The van der Waals surface area contributed by atoms with Crippen LogP contribution in [-0.2, 0) is 27.4 Å². The number of nitrogens with one attached hydrogen (secondary N) is 1. The third kappa shape index (κ3) is 6.49. The van der Waals surface area contributed by atoms with Crippen molar-refractivity contribution in [3.63, 3.8) is 0 Å². The van der Waals surface area contributed by atoms with E-state index in [0.717, 1.165) is 18.4 Å². The van der Waals surface area contributed by atoms with Crippen LogP contribution in [0.15, 0.2) is 30.3 Å². The molecular formula is C23H27F5N4O3S. The number of carbonyl (C=O) groups is 1. The van der Waals surface area contributed by atoms with Gasteiger partial charge in [0.05, 0.1) is 5.92 Å². The van der Waals surface area contributed by atoms with E-state index in [1.807, 2.05) is 0 Å². The Morgan fingerprint density at radius 2 is 1.86 bits per heavy atom. The first-order valence-electron chi connectivity index (χ1n) is 11.2. The molecule has 0 saturated carbocycles. The van der Waals surface area contributed by atoms with Crippen LogP contribution in [0.1, 0.15) is 53.4 Å². The third-order valence-corrected chi connectivity index (χ3v) is 7.29. The summed E-state index contributed by atoms with van der Waals surface area (Å²) in [5.41, 5.74) is 4.84. The third-order valence-electron chi connectivity index (χ3n) is 6.11. The average Bonchev–Trinajstić information content (AvgIpc) is 2.80. The molecule has 1 aromatic heterocycles.